The molecule has 0 rings (SSSR count). The smallest absolute Gasteiger partial charge is 0.335 e. The topological polar surface area (TPSA) is 71.1 Å². The molecule has 0 saturated carbocycles. The van der Waals surface area contributed by atoms with E-state index in [4.69, 9.17) is 30.5 Å². The summed E-state index contributed by atoms with van der Waals surface area (Å²) in [4.78, 5) is 23.1. The van der Waals surface area contributed by atoms with Gasteiger partial charge in [0.05, 0.1) is 19.8 Å². The van der Waals surface area contributed by atoms with Gasteiger partial charge < -0.3 is 18.9 Å². The summed E-state index contributed by atoms with van der Waals surface area (Å²) in [5.74, 6) is -0.205. The van der Waals surface area contributed by atoms with Gasteiger partial charge in [0.25, 0.3) is 0 Å². The number of hydrogen-bond donors (Lipinski definition) is 0. The molecule has 20 heavy (non-hydrogen) atoms. The highest BCUT2D eigenvalue weighted by Gasteiger charge is 2.21. The molecule has 0 unspecified atom stereocenters. The summed E-state index contributed by atoms with van der Waals surface area (Å²) in [6.07, 6.45) is -0.00507. The fourth-order valence-electron chi connectivity index (χ4n) is 1.36. The van der Waals surface area contributed by atoms with Crippen LogP contribution >= 0.6 is 11.6 Å². The van der Waals surface area contributed by atoms with E-state index >= 15 is 0 Å². The van der Waals surface area contributed by atoms with Gasteiger partial charge in [-0.1, -0.05) is 0 Å². The molecule has 0 heterocycles. The summed E-state index contributed by atoms with van der Waals surface area (Å²) in [5, 5.41) is 0. The Labute approximate surface area is 124 Å². The van der Waals surface area contributed by atoms with Crippen molar-refractivity contribution in [1.29, 1.82) is 0 Å². The first kappa shape index (κ1) is 19.3. The van der Waals surface area contributed by atoms with Crippen LogP contribution in [-0.4, -0.2) is 57.5 Å². The van der Waals surface area contributed by atoms with E-state index in [1.165, 1.54) is 0 Å². The van der Waals surface area contributed by atoms with Crippen molar-refractivity contribution in [1.82, 2.24) is 0 Å². The summed E-state index contributed by atoms with van der Waals surface area (Å²) in [6.45, 7) is 2.75. The molecular formula is C13H23ClO6. The SMILES string of the molecule is CCOC(=O)[C@@H](CCC(=O)CCCl)OCOCCOC. The van der Waals surface area contributed by atoms with E-state index in [9.17, 15) is 9.59 Å². The van der Waals surface area contributed by atoms with E-state index in [2.05, 4.69) is 0 Å². The lowest BCUT2D eigenvalue weighted by Gasteiger charge is -2.16. The molecule has 0 aliphatic carbocycles. The number of Topliss-reactive ketones (excluding diaryl/α,β-unsaturated/α-hetero) is 1. The second-order valence-electron chi connectivity index (χ2n) is 3.94. The van der Waals surface area contributed by atoms with E-state index in [1.54, 1.807) is 14.0 Å². The van der Waals surface area contributed by atoms with Gasteiger partial charge in [-0.15, -0.1) is 11.6 Å². The number of alkyl halides is 1. The third kappa shape index (κ3) is 10.1. The van der Waals surface area contributed by atoms with E-state index in [0.717, 1.165) is 0 Å². The zero-order valence-corrected chi connectivity index (χ0v) is 12.8. The number of rotatable bonds is 13. The standard InChI is InChI=1S/C13H23ClO6/c1-3-19-13(16)12(5-4-11(15)6-7-14)20-10-18-9-8-17-2/h12H,3-10H2,1-2H3/t12-/m1/s1. The Kier molecular flexibility index (Phi) is 12.8. The monoisotopic (exact) mass is 310 g/mol. The van der Waals surface area contributed by atoms with Crippen LogP contribution in [0.1, 0.15) is 26.2 Å². The molecule has 0 bridgehead atoms. The maximum Gasteiger partial charge on any atom is 0.335 e. The Hall–Kier alpha value is -0.690. The molecule has 0 aliphatic rings. The van der Waals surface area contributed by atoms with Crippen LogP contribution in [0.5, 0.6) is 0 Å². The van der Waals surface area contributed by atoms with Gasteiger partial charge in [0.1, 0.15) is 12.6 Å². The van der Waals surface area contributed by atoms with Gasteiger partial charge in [-0.25, -0.2) is 4.79 Å². The molecule has 0 N–H and O–H groups in total. The van der Waals surface area contributed by atoms with Gasteiger partial charge in [-0.2, -0.15) is 0 Å². The molecule has 1 atom stereocenters. The average molecular weight is 311 g/mol. The summed E-state index contributed by atoms with van der Waals surface area (Å²) in [5.41, 5.74) is 0. The molecule has 0 saturated heterocycles. The molecule has 118 valence electrons. The van der Waals surface area contributed by atoms with Gasteiger partial charge >= 0.3 is 5.97 Å². The third-order valence-corrected chi connectivity index (χ3v) is 2.58. The molecule has 0 aromatic carbocycles. The Morgan fingerprint density at radius 3 is 2.55 bits per heavy atom. The van der Waals surface area contributed by atoms with Crippen LogP contribution < -0.4 is 0 Å². The summed E-state index contributed by atoms with van der Waals surface area (Å²) < 4.78 is 20.1. The molecule has 0 aliphatic heterocycles. The molecule has 0 aromatic rings. The minimum Gasteiger partial charge on any atom is -0.464 e. The highest BCUT2D eigenvalue weighted by Crippen LogP contribution is 2.08. The fourth-order valence-corrected chi connectivity index (χ4v) is 1.57. The second-order valence-corrected chi connectivity index (χ2v) is 4.32. The van der Waals surface area contributed by atoms with Crippen molar-refractivity contribution in [3.05, 3.63) is 0 Å². The lowest BCUT2D eigenvalue weighted by molar-refractivity contribution is -0.168. The predicted octanol–water partition coefficient (Wildman–Crippen LogP) is 1.53. The average Bonchev–Trinajstić information content (AvgIpc) is 2.42. The van der Waals surface area contributed by atoms with E-state index < -0.39 is 12.1 Å². The number of ketones is 1. The zero-order chi connectivity index (χ0) is 15.2. The van der Waals surface area contributed by atoms with Crippen LogP contribution in [0.2, 0.25) is 0 Å². The largest absolute Gasteiger partial charge is 0.464 e. The number of halogens is 1. The summed E-state index contributed by atoms with van der Waals surface area (Å²) >= 11 is 5.48. The Morgan fingerprint density at radius 2 is 1.95 bits per heavy atom. The minimum absolute atomic E-state index is 0.00167. The third-order valence-electron chi connectivity index (χ3n) is 2.39. The zero-order valence-electron chi connectivity index (χ0n) is 12.1. The molecule has 6 nitrogen and oxygen atoms in total. The van der Waals surface area contributed by atoms with Crippen molar-refractivity contribution in [3.63, 3.8) is 0 Å². The van der Waals surface area contributed by atoms with Crippen molar-refractivity contribution in [2.75, 3.05) is 39.6 Å². The van der Waals surface area contributed by atoms with Crippen molar-refractivity contribution < 1.29 is 28.5 Å². The first-order valence-corrected chi connectivity index (χ1v) is 7.11. The van der Waals surface area contributed by atoms with Crippen molar-refractivity contribution in [2.24, 2.45) is 0 Å². The van der Waals surface area contributed by atoms with E-state index in [1.807, 2.05) is 0 Å². The molecule has 0 fully saturated rings. The molecule has 0 radical (unpaired) electrons. The van der Waals surface area contributed by atoms with E-state index in [0.29, 0.717) is 19.6 Å². The van der Waals surface area contributed by atoms with Crippen molar-refractivity contribution >= 4 is 23.4 Å². The van der Waals surface area contributed by atoms with Crippen LogP contribution in [0, 0.1) is 0 Å². The molecule has 0 amide bonds. The lowest BCUT2D eigenvalue weighted by atomic mass is 10.1. The molecule has 7 heteroatoms. The second kappa shape index (κ2) is 13.3. The Balaban J connectivity index is 4.06. The van der Waals surface area contributed by atoms with E-state index in [-0.39, 0.29) is 37.9 Å². The first-order chi connectivity index (χ1) is 9.65. The maximum atomic E-state index is 11.7. The highest BCUT2D eigenvalue weighted by molar-refractivity contribution is 6.19. The van der Waals surface area contributed by atoms with Crippen LogP contribution in [0.3, 0.4) is 0 Å². The van der Waals surface area contributed by atoms with Gasteiger partial charge in [0, 0.05) is 25.8 Å². The number of carbonyl (C=O) groups excluding carboxylic acids is 2. The fraction of sp³-hybridized carbons (Fsp3) is 0.846. The summed E-state index contributed by atoms with van der Waals surface area (Å²) in [7, 11) is 1.56. The molecule has 0 spiro atoms. The van der Waals surface area contributed by atoms with Gasteiger partial charge in [-0.05, 0) is 13.3 Å². The van der Waals surface area contributed by atoms with Crippen LogP contribution in [0.4, 0.5) is 0 Å². The normalized spacial score (nSPS) is 12.2. The number of methoxy groups -OCH3 is 1. The van der Waals surface area contributed by atoms with Crippen LogP contribution in [0.25, 0.3) is 0 Å². The number of hydrogen-bond acceptors (Lipinski definition) is 6. The van der Waals surface area contributed by atoms with Crippen LogP contribution in [-0.2, 0) is 28.5 Å². The maximum absolute atomic E-state index is 11.7. The number of carbonyl (C=O) groups is 2. The van der Waals surface area contributed by atoms with Crippen molar-refractivity contribution in [2.45, 2.75) is 32.3 Å². The summed E-state index contributed by atoms with van der Waals surface area (Å²) in [6, 6.07) is 0. The highest BCUT2D eigenvalue weighted by atomic mass is 35.5. The lowest BCUT2D eigenvalue weighted by Crippen LogP contribution is -2.28. The van der Waals surface area contributed by atoms with Gasteiger partial charge in [0.15, 0.2) is 6.10 Å². The molecular weight excluding hydrogens is 288 g/mol. The number of ether oxygens (including phenoxy) is 4. The first-order valence-electron chi connectivity index (χ1n) is 6.58. The van der Waals surface area contributed by atoms with Crippen LogP contribution in [0.15, 0.2) is 0 Å². The quantitative estimate of drug-likeness (QED) is 0.222. The predicted molar refractivity (Wildman–Crippen MR) is 73.8 cm³/mol. The Bertz CT molecular complexity index is 272. The molecule has 0 aromatic heterocycles. The van der Waals surface area contributed by atoms with Crippen molar-refractivity contribution in [3.8, 4) is 0 Å². The Morgan fingerprint density at radius 1 is 1.20 bits per heavy atom. The van der Waals surface area contributed by atoms with Gasteiger partial charge in [-0.3, -0.25) is 4.79 Å². The van der Waals surface area contributed by atoms with Gasteiger partial charge in [0.2, 0.25) is 0 Å². The number of esters is 1. The minimum atomic E-state index is -0.795.